The van der Waals surface area contributed by atoms with Crippen LogP contribution in [0.3, 0.4) is 0 Å². The van der Waals surface area contributed by atoms with Crippen LogP contribution in [0.15, 0.2) is 23.1 Å². The number of nitrogens with one attached hydrogen (secondary N) is 1. The number of rotatable bonds is 1. The van der Waals surface area contributed by atoms with Crippen molar-refractivity contribution in [2.24, 2.45) is 7.05 Å². The zero-order valence-electron chi connectivity index (χ0n) is 8.49. The first kappa shape index (κ1) is 9.46. The minimum Gasteiger partial charge on any atom is -0.318 e. The summed E-state index contributed by atoms with van der Waals surface area (Å²) in [7, 11) is 1.81. The Labute approximate surface area is 83.8 Å². The monoisotopic (exact) mass is 192 g/mol. The van der Waals surface area contributed by atoms with Crippen LogP contribution >= 0.6 is 0 Å². The summed E-state index contributed by atoms with van der Waals surface area (Å²) in [6.07, 6.45) is 4.42. The summed E-state index contributed by atoms with van der Waals surface area (Å²) >= 11 is 0. The second-order valence-electron chi connectivity index (χ2n) is 3.95. The molecule has 3 heteroatoms. The zero-order chi connectivity index (χ0) is 9.97. The van der Waals surface area contributed by atoms with E-state index < -0.39 is 0 Å². The molecule has 1 aliphatic rings. The van der Waals surface area contributed by atoms with Crippen LogP contribution in [0.1, 0.15) is 24.3 Å². The van der Waals surface area contributed by atoms with Crippen LogP contribution in [0.5, 0.6) is 0 Å². The van der Waals surface area contributed by atoms with E-state index in [4.69, 9.17) is 0 Å². The number of piperidine rings is 1. The largest absolute Gasteiger partial charge is 0.318 e. The maximum absolute atomic E-state index is 11.2. The van der Waals surface area contributed by atoms with E-state index in [1.54, 1.807) is 10.6 Å². The Hall–Kier alpha value is -1.09. The smallest absolute Gasteiger partial charge is 0.250 e. The molecule has 2 rings (SSSR count). The van der Waals surface area contributed by atoms with Gasteiger partial charge in [0, 0.05) is 25.9 Å². The van der Waals surface area contributed by atoms with Gasteiger partial charge in [-0.1, -0.05) is 6.07 Å². The quantitative estimate of drug-likeness (QED) is 0.716. The van der Waals surface area contributed by atoms with E-state index >= 15 is 0 Å². The molecule has 0 saturated carbocycles. The first-order valence-electron chi connectivity index (χ1n) is 5.14. The lowest BCUT2D eigenvalue weighted by Crippen LogP contribution is -2.29. The minimum atomic E-state index is 0.0671. The molecule has 1 saturated heterocycles. The second kappa shape index (κ2) is 3.96. The molecule has 1 aromatic rings. The van der Waals surface area contributed by atoms with Gasteiger partial charge in [-0.05, 0) is 30.9 Å². The van der Waals surface area contributed by atoms with E-state index in [-0.39, 0.29) is 5.56 Å². The standard InChI is InChI=1S/C11H16N2O/c1-13-8-10(4-5-11(13)14)9-3-2-6-12-7-9/h4-5,8-9,12H,2-3,6-7H2,1H3. The minimum absolute atomic E-state index is 0.0671. The number of pyridine rings is 1. The van der Waals surface area contributed by atoms with Crippen molar-refractivity contribution >= 4 is 0 Å². The number of nitrogens with zero attached hydrogens (tertiary/aromatic N) is 1. The molecule has 1 aromatic heterocycles. The van der Waals surface area contributed by atoms with Crippen molar-refractivity contribution in [2.45, 2.75) is 18.8 Å². The Balaban J connectivity index is 2.22. The molecule has 76 valence electrons. The Kier molecular flexibility index (Phi) is 2.68. The summed E-state index contributed by atoms with van der Waals surface area (Å²) in [6.45, 7) is 2.17. The molecular formula is C11H16N2O. The van der Waals surface area contributed by atoms with Gasteiger partial charge in [-0.15, -0.1) is 0 Å². The van der Waals surface area contributed by atoms with Crippen molar-refractivity contribution in [1.82, 2.24) is 9.88 Å². The van der Waals surface area contributed by atoms with Gasteiger partial charge in [-0.25, -0.2) is 0 Å². The number of hydrogen-bond acceptors (Lipinski definition) is 2. The molecule has 0 aromatic carbocycles. The molecule has 0 bridgehead atoms. The van der Waals surface area contributed by atoms with Gasteiger partial charge >= 0.3 is 0 Å². The molecule has 0 spiro atoms. The van der Waals surface area contributed by atoms with Crippen molar-refractivity contribution in [3.05, 3.63) is 34.2 Å². The highest BCUT2D eigenvalue weighted by molar-refractivity contribution is 5.16. The second-order valence-corrected chi connectivity index (χ2v) is 3.95. The van der Waals surface area contributed by atoms with Crippen molar-refractivity contribution in [2.75, 3.05) is 13.1 Å². The van der Waals surface area contributed by atoms with Crippen LogP contribution in [0.4, 0.5) is 0 Å². The third kappa shape index (κ3) is 1.87. The first-order valence-corrected chi connectivity index (χ1v) is 5.14. The fourth-order valence-corrected chi connectivity index (χ4v) is 1.99. The normalized spacial score (nSPS) is 22.2. The molecule has 1 N–H and O–H groups in total. The van der Waals surface area contributed by atoms with Gasteiger partial charge in [-0.2, -0.15) is 0 Å². The molecule has 0 amide bonds. The predicted molar refractivity (Wildman–Crippen MR) is 56.5 cm³/mol. The van der Waals surface area contributed by atoms with Crippen LogP contribution in [0.25, 0.3) is 0 Å². The lowest BCUT2D eigenvalue weighted by molar-refractivity contribution is 0.459. The lowest BCUT2D eigenvalue weighted by Gasteiger charge is -2.23. The molecule has 1 aliphatic heterocycles. The zero-order valence-corrected chi connectivity index (χ0v) is 8.49. The maximum atomic E-state index is 11.2. The van der Waals surface area contributed by atoms with E-state index in [0.29, 0.717) is 5.92 Å². The van der Waals surface area contributed by atoms with E-state index in [2.05, 4.69) is 5.32 Å². The summed E-state index contributed by atoms with van der Waals surface area (Å²) < 4.78 is 1.66. The number of aromatic nitrogens is 1. The van der Waals surface area contributed by atoms with Gasteiger partial charge in [-0.3, -0.25) is 4.79 Å². The van der Waals surface area contributed by atoms with Crippen LogP contribution < -0.4 is 10.9 Å². The van der Waals surface area contributed by atoms with Crippen LogP contribution in [-0.2, 0) is 7.05 Å². The fourth-order valence-electron chi connectivity index (χ4n) is 1.99. The maximum Gasteiger partial charge on any atom is 0.250 e. The van der Waals surface area contributed by atoms with E-state index in [1.165, 1.54) is 18.4 Å². The summed E-state index contributed by atoms with van der Waals surface area (Å²) in [5.74, 6) is 0.579. The molecule has 3 nitrogen and oxygen atoms in total. The van der Waals surface area contributed by atoms with E-state index in [9.17, 15) is 4.79 Å². The van der Waals surface area contributed by atoms with E-state index in [1.807, 2.05) is 19.3 Å². The van der Waals surface area contributed by atoms with Crippen LogP contribution in [-0.4, -0.2) is 17.7 Å². The Morgan fingerprint density at radius 1 is 1.50 bits per heavy atom. The highest BCUT2D eigenvalue weighted by Crippen LogP contribution is 2.21. The molecular weight excluding hydrogens is 176 g/mol. The summed E-state index contributed by atoms with van der Waals surface area (Å²) in [5, 5.41) is 3.38. The van der Waals surface area contributed by atoms with Crippen molar-refractivity contribution < 1.29 is 0 Å². The molecule has 1 fully saturated rings. The summed E-state index contributed by atoms with van der Waals surface area (Å²) in [5.41, 5.74) is 1.34. The molecule has 0 aliphatic carbocycles. The topological polar surface area (TPSA) is 34.0 Å². The van der Waals surface area contributed by atoms with Gasteiger partial charge in [0.1, 0.15) is 0 Å². The third-order valence-electron chi connectivity index (χ3n) is 2.88. The van der Waals surface area contributed by atoms with Gasteiger partial charge in [0.15, 0.2) is 0 Å². The number of aryl methyl sites for hydroxylation is 1. The Bertz CT molecular complexity index is 364. The van der Waals surface area contributed by atoms with E-state index in [0.717, 1.165) is 13.1 Å². The van der Waals surface area contributed by atoms with Crippen LogP contribution in [0.2, 0.25) is 0 Å². The van der Waals surface area contributed by atoms with Crippen molar-refractivity contribution in [3.8, 4) is 0 Å². The molecule has 2 heterocycles. The summed E-state index contributed by atoms with van der Waals surface area (Å²) in [4.78, 5) is 11.2. The average molecular weight is 192 g/mol. The summed E-state index contributed by atoms with van der Waals surface area (Å²) in [6, 6.07) is 3.62. The van der Waals surface area contributed by atoms with Gasteiger partial charge in [0.25, 0.3) is 0 Å². The third-order valence-corrected chi connectivity index (χ3v) is 2.88. The molecule has 1 atom stereocenters. The SMILES string of the molecule is Cn1cc(C2CCCNC2)ccc1=O. The highest BCUT2D eigenvalue weighted by Gasteiger charge is 2.15. The lowest BCUT2D eigenvalue weighted by atomic mass is 9.93. The molecule has 14 heavy (non-hydrogen) atoms. The average Bonchev–Trinajstić information content (AvgIpc) is 2.23. The van der Waals surface area contributed by atoms with Crippen molar-refractivity contribution in [3.63, 3.8) is 0 Å². The highest BCUT2D eigenvalue weighted by atomic mass is 16.1. The predicted octanol–water partition coefficient (Wildman–Crippen LogP) is 0.852. The van der Waals surface area contributed by atoms with Gasteiger partial charge in [0.2, 0.25) is 5.56 Å². The van der Waals surface area contributed by atoms with Crippen molar-refractivity contribution in [1.29, 1.82) is 0 Å². The Morgan fingerprint density at radius 2 is 2.36 bits per heavy atom. The number of hydrogen-bond donors (Lipinski definition) is 1. The van der Waals surface area contributed by atoms with Gasteiger partial charge < -0.3 is 9.88 Å². The Morgan fingerprint density at radius 3 is 3.00 bits per heavy atom. The fraction of sp³-hybridized carbons (Fsp3) is 0.545. The van der Waals surface area contributed by atoms with Crippen LogP contribution in [0, 0.1) is 0 Å². The molecule has 0 radical (unpaired) electrons. The molecule has 1 unspecified atom stereocenters. The van der Waals surface area contributed by atoms with Gasteiger partial charge in [0.05, 0.1) is 0 Å². The first-order chi connectivity index (χ1) is 6.77.